The molecule has 0 amide bonds. The van der Waals surface area contributed by atoms with Gasteiger partial charge in [0.15, 0.2) is 0 Å². The quantitative estimate of drug-likeness (QED) is 0.834. The van der Waals surface area contributed by atoms with E-state index in [-0.39, 0.29) is 0 Å². The SMILES string of the molecule is COc1ccc2c(c1)[C@H](NCCCn1cccn1)CCCO2. The van der Waals surface area contributed by atoms with Crippen molar-refractivity contribution >= 4 is 0 Å². The van der Waals surface area contributed by atoms with E-state index in [1.165, 1.54) is 5.56 Å². The summed E-state index contributed by atoms with van der Waals surface area (Å²) in [6.07, 6.45) is 7.02. The number of hydrogen-bond acceptors (Lipinski definition) is 4. The number of fused-ring (bicyclic) bond motifs is 1. The van der Waals surface area contributed by atoms with Crippen LogP contribution in [0.15, 0.2) is 36.7 Å². The van der Waals surface area contributed by atoms with Crippen LogP contribution in [0, 0.1) is 0 Å². The van der Waals surface area contributed by atoms with E-state index in [1.54, 1.807) is 7.11 Å². The molecule has 2 heterocycles. The van der Waals surface area contributed by atoms with Gasteiger partial charge in [0.2, 0.25) is 0 Å². The highest BCUT2D eigenvalue weighted by molar-refractivity contribution is 5.42. The summed E-state index contributed by atoms with van der Waals surface area (Å²) in [4.78, 5) is 0. The number of methoxy groups -OCH3 is 1. The topological polar surface area (TPSA) is 48.3 Å². The first kappa shape index (κ1) is 14.9. The van der Waals surface area contributed by atoms with Crippen LogP contribution in [0.2, 0.25) is 0 Å². The molecule has 0 aliphatic carbocycles. The lowest BCUT2D eigenvalue weighted by molar-refractivity contribution is 0.314. The van der Waals surface area contributed by atoms with Crippen molar-refractivity contribution in [3.8, 4) is 11.5 Å². The molecule has 1 aromatic carbocycles. The van der Waals surface area contributed by atoms with Crippen molar-refractivity contribution < 1.29 is 9.47 Å². The number of rotatable bonds is 6. The highest BCUT2D eigenvalue weighted by Gasteiger charge is 2.19. The number of nitrogens with zero attached hydrogens (tertiary/aromatic N) is 2. The van der Waals surface area contributed by atoms with Crippen molar-refractivity contribution in [1.82, 2.24) is 15.1 Å². The van der Waals surface area contributed by atoms with Crippen molar-refractivity contribution in [2.45, 2.75) is 31.8 Å². The molecule has 5 heteroatoms. The van der Waals surface area contributed by atoms with Crippen LogP contribution in [0.3, 0.4) is 0 Å². The van der Waals surface area contributed by atoms with Gasteiger partial charge >= 0.3 is 0 Å². The van der Waals surface area contributed by atoms with Gasteiger partial charge in [0, 0.05) is 30.5 Å². The predicted octanol–water partition coefficient (Wildman–Crippen LogP) is 2.79. The minimum atomic E-state index is 0.324. The summed E-state index contributed by atoms with van der Waals surface area (Å²) in [6, 6.07) is 8.34. The zero-order chi connectivity index (χ0) is 15.2. The van der Waals surface area contributed by atoms with Crippen molar-refractivity contribution in [2.24, 2.45) is 0 Å². The van der Waals surface area contributed by atoms with Crippen LogP contribution in [0.4, 0.5) is 0 Å². The normalized spacial score (nSPS) is 17.4. The molecule has 1 aliphatic heterocycles. The van der Waals surface area contributed by atoms with E-state index in [4.69, 9.17) is 9.47 Å². The monoisotopic (exact) mass is 301 g/mol. The molecule has 3 rings (SSSR count). The Kier molecular flexibility index (Phi) is 4.96. The summed E-state index contributed by atoms with van der Waals surface area (Å²) in [5.41, 5.74) is 1.20. The fraction of sp³-hybridized carbons (Fsp3) is 0.471. The minimum Gasteiger partial charge on any atom is -0.497 e. The number of nitrogens with one attached hydrogen (secondary N) is 1. The summed E-state index contributed by atoms with van der Waals surface area (Å²) < 4.78 is 13.1. The molecule has 0 saturated heterocycles. The third kappa shape index (κ3) is 3.60. The Hall–Kier alpha value is -2.01. The number of aryl methyl sites for hydroxylation is 1. The van der Waals surface area contributed by atoms with Crippen molar-refractivity contribution in [3.63, 3.8) is 0 Å². The maximum absolute atomic E-state index is 5.83. The van der Waals surface area contributed by atoms with Gasteiger partial charge in [-0.2, -0.15) is 5.10 Å². The first-order valence-corrected chi connectivity index (χ1v) is 7.88. The zero-order valence-corrected chi connectivity index (χ0v) is 13.0. The number of aromatic nitrogens is 2. The fourth-order valence-electron chi connectivity index (χ4n) is 2.84. The Morgan fingerprint density at radius 2 is 2.41 bits per heavy atom. The van der Waals surface area contributed by atoms with Crippen LogP contribution < -0.4 is 14.8 Å². The fourth-order valence-corrected chi connectivity index (χ4v) is 2.84. The second kappa shape index (κ2) is 7.31. The summed E-state index contributed by atoms with van der Waals surface area (Å²) in [5.74, 6) is 1.86. The van der Waals surface area contributed by atoms with Gasteiger partial charge in [0.1, 0.15) is 11.5 Å². The summed E-state index contributed by atoms with van der Waals surface area (Å²) in [7, 11) is 1.70. The van der Waals surface area contributed by atoms with Crippen molar-refractivity contribution in [1.29, 1.82) is 0 Å². The largest absolute Gasteiger partial charge is 0.497 e. The Bertz CT molecular complexity index is 584. The lowest BCUT2D eigenvalue weighted by atomic mass is 10.0. The standard InChI is InChI=1S/C17H23N3O2/c1-21-14-6-7-17-15(13-14)16(5-2-12-22-17)18-8-3-10-20-11-4-9-19-20/h4,6-7,9,11,13,16,18H,2-3,5,8,10,12H2,1H3/t16-/m1/s1. The smallest absolute Gasteiger partial charge is 0.124 e. The minimum absolute atomic E-state index is 0.324. The van der Waals surface area contributed by atoms with Gasteiger partial charge < -0.3 is 14.8 Å². The Morgan fingerprint density at radius 1 is 1.45 bits per heavy atom. The molecule has 0 radical (unpaired) electrons. The van der Waals surface area contributed by atoms with Gasteiger partial charge in [-0.15, -0.1) is 0 Å². The maximum Gasteiger partial charge on any atom is 0.124 e. The van der Waals surface area contributed by atoms with Crippen LogP contribution in [0.5, 0.6) is 11.5 Å². The zero-order valence-electron chi connectivity index (χ0n) is 13.0. The van der Waals surface area contributed by atoms with E-state index in [1.807, 2.05) is 35.3 Å². The average molecular weight is 301 g/mol. The molecule has 1 aliphatic rings. The molecule has 0 spiro atoms. The molecule has 0 bridgehead atoms. The molecular formula is C17H23N3O2. The summed E-state index contributed by atoms with van der Waals surface area (Å²) in [5, 5.41) is 7.88. The lowest BCUT2D eigenvalue weighted by Gasteiger charge is -2.19. The van der Waals surface area contributed by atoms with Crippen LogP contribution in [0.25, 0.3) is 0 Å². The van der Waals surface area contributed by atoms with Gasteiger partial charge in [-0.25, -0.2) is 0 Å². The molecule has 22 heavy (non-hydrogen) atoms. The highest BCUT2D eigenvalue weighted by Crippen LogP contribution is 2.34. The molecule has 0 saturated carbocycles. The molecular weight excluding hydrogens is 278 g/mol. The predicted molar refractivity (Wildman–Crippen MR) is 85.3 cm³/mol. The van der Waals surface area contributed by atoms with E-state index >= 15 is 0 Å². The third-order valence-corrected chi connectivity index (χ3v) is 4.00. The molecule has 2 aromatic rings. The lowest BCUT2D eigenvalue weighted by Crippen LogP contribution is -2.23. The van der Waals surface area contributed by atoms with E-state index in [0.29, 0.717) is 6.04 Å². The van der Waals surface area contributed by atoms with Crippen LogP contribution in [-0.2, 0) is 6.54 Å². The summed E-state index contributed by atoms with van der Waals surface area (Å²) >= 11 is 0. The van der Waals surface area contributed by atoms with Crippen LogP contribution in [-0.4, -0.2) is 30.0 Å². The van der Waals surface area contributed by atoms with Crippen molar-refractivity contribution in [2.75, 3.05) is 20.3 Å². The maximum atomic E-state index is 5.83. The summed E-state index contributed by atoms with van der Waals surface area (Å²) in [6.45, 7) is 2.68. The average Bonchev–Trinajstić information content (AvgIpc) is 2.99. The second-order valence-electron chi connectivity index (χ2n) is 5.52. The molecule has 0 unspecified atom stereocenters. The van der Waals surface area contributed by atoms with E-state index in [2.05, 4.69) is 16.5 Å². The second-order valence-corrected chi connectivity index (χ2v) is 5.52. The number of benzene rings is 1. The molecule has 1 atom stereocenters. The molecule has 1 N–H and O–H groups in total. The molecule has 1 aromatic heterocycles. The molecule has 0 fully saturated rings. The first-order valence-electron chi connectivity index (χ1n) is 7.88. The Morgan fingerprint density at radius 3 is 3.23 bits per heavy atom. The van der Waals surface area contributed by atoms with Gasteiger partial charge in [0.25, 0.3) is 0 Å². The van der Waals surface area contributed by atoms with Gasteiger partial charge in [-0.1, -0.05) is 0 Å². The molecule has 118 valence electrons. The van der Waals surface area contributed by atoms with Gasteiger partial charge in [0.05, 0.1) is 13.7 Å². The van der Waals surface area contributed by atoms with E-state index in [0.717, 1.165) is 50.5 Å². The van der Waals surface area contributed by atoms with E-state index < -0.39 is 0 Å². The van der Waals surface area contributed by atoms with Crippen molar-refractivity contribution in [3.05, 3.63) is 42.2 Å². The van der Waals surface area contributed by atoms with Gasteiger partial charge in [-0.3, -0.25) is 4.68 Å². The highest BCUT2D eigenvalue weighted by atomic mass is 16.5. The Labute approximate surface area is 131 Å². The van der Waals surface area contributed by atoms with Crippen LogP contribution in [0.1, 0.15) is 30.9 Å². The number of ether oxygens (including phenoxy) is 2. The third-order valence-electron chi connectivity index (χ3n) is 4.00. The van der Waals surface area contributed by atoms with E-state index in [9.17, 15) is 0 Å². The van der Waals surface area contributed by atoms with Gasteiger partial charge in [-0.05, 0) is 50.1 Å². The Balaban J connectivity index is 1.60. The molecule has 5 nitrogen and oxygen atoms in total. The first-order chi connectivity index (χ1) is 10.9. The number of hydrogen-bond donors (Lipinski definition) is 1. The van der Waals surface area contributed by atoms with Crippen LogP contribution >= 0.6 is 0 Å².